The summed E-state index contributed by atoms with van der Waals surface area (Å²) < 4.78 is 10.5. The Bertz CT molecular complexity index is 461. The minimum absolute atomic E-state index is 0.430. The van der Waals surface area contributed by atoms with Gasteiger partial charge in [0.25, 0.3) is 0 Å². The average molecular weight is 250 g/mol. The molecule has 1 aliphatic rings. The second-order valence-corrected chi connectivity index (χ2v) is 5.24. The Labute approximate surface area is 107 Å². The van der Waals surface area contributed by atoms with E-state index < -0.39 is 16.8 Å². The Hall–Kier alpha value is -1.55. The van der Waals surface area contributed by atoms with Gasteiger partial charge in [-0.15, -0.1) is 0 Å². The van der Waals surface area contributed by atoms with Crippen LogP contribution >= 0.6 is 0 Å². The molecule has 0 aromatic heterocycles. The molecule has 0 atom stereocenters. The van der Waals surface area contributed by atoms with Gasteiger partial charge in [-0.2, -0.15) is 0 Å². The Morgan fingerprint density at radius 1 is 1.44 bits per heavy atom. The molecule has 4 nitrogen and oxygen atoms in total. The summed E-state index contributed by atoms with van der Waals surface area (Å²) in [6.45, 7) is 4.35. The standard InChI is InChI=1S/C14H18O4/c1-13(2,12(15)16)14(8-18-9-14)10-5-4-6-11(7-10)17-3/h4-7H,8-9H2,1-3H3,(H,15,16). The Balaban J connectivity index is 2.47. The first-order valence-corrected chi connectivity index (χ1v) is 5.90. The van der Waals surface area contributed by atoms with Crippen molar-refractivity contribution >= 4 is 5.97 Å². The van der Waals surface area contributed by atoms with E-state index in [9.17, 15) is 9.90 Å². The summed E-state index contributed by atoms with van der Waals surface area (Å²) in [7, 11) is 1.60. The van der Waals surface area contributed by atoms with E-state index in [1.807, 2.05) is 24.3 Å². The van der Waals surface area contributed by atoms with E-state index in [0.717, 1.165) is 11.3 Å². The quantitative estimate of drug-likeness (QED) is 0.888. The molecule has 4 heteroatoms. The smallest absolute Gasteiger partial charge is 0.310 e. The van der Waals surface area contributed by atoms with Crippen LogP contribution in [0.5, 0.6) is 5.75 Å². The lowest BCUT2D eigenvalue weighted by Gasteiger charge is -2.50. The Morgan fingerprint density at radius 3 is 2.56 bits per heavy atom. The summed E-state index contributed by atoms with van der Waals surface area (Å²) in [6, 6.07) is 7.57. The molecule has 1 N–H and O–H groups in total. The molecule has 2 rings (SSSR count). The van der Waals surface area contributed by atoms with Gasteiger partial charge in [0.1, 0.15) is 5.75 Å². The van der Waals surface area contributed by atoms with Gasteiger partial charge >= 0.3 is 5.97 Å². The molecule has 0 unspecified atom stereocenters. The molecule has 1 saturated heterocycles. The molecule has 18 heavy (non-hydrogen) atoms. The first kappa shape index (κ1) is 12.9. The summed E-state index contributed by atoms with van der Waals surface area (Å²) >= 11 is 0. The molecule has 1 aromatic carbocycles. The Kier molecular flexibility index (Phi) is 3.07. The van der Waals surface area contributed by atoms with Gasteiger partial charge in [-0.1, -0.05) is 12.1 Å². The molecule has 0 amide bonds. The van der Waals surface area contributed by atoms with Crippen LogP contribution in [0, 0.1) is 5.41 Å². The summed E-state index contributed by atoms with van der Waals surface area (Å²) in [5.74, 6) is -0.0754. The van der Waals surface area contributed by atoms with Gasteiger partial charge in [0.2, 0.25) is 0 Å². The second kappa shape index (κ2) is 4.28. The number of aliphatic carboxylic acids is 1. The largest absolute Gasteiger partial charge is 0.497 e. The van der Waals surface area contributed by atoms with Crippen molar-refractivity contribution in [3.63, 3.8) is 0 Å². The van der Waals surface area contributed by atoms with Crippen LogP contribution in [-0.2, 0) is 14.9 Å². The van der Waals surface area contributed by atoms with Crippen LogP contribution in [0.3, 0.4) is 0 Å². The predicted molar refractivity (Wildman–Crippen MR) is 66.9 cm³/mol. The van der Waals surface area contributed by atoms with Crippen LogP contribution in [0.15, 0.2) is 24.3 Å². The van der Waals surface area contributed by atoms with Crippen LogP contribution in [0.4, 0.5) is 0 Å². The number of carboxylic acids is 1. The van der Waals surface area contributed by atoms with Gasteiger partial charge in [0.05, 0.1) is 31.2 Å². The molecule has 0 saturated carbocycles. The molecular weight excluding hydrogens is 232 g/mol. The van der Waals surface area contributed by atoms with Gasteiger partial charge < -0.3 is 14.6 Å². The van der Waals surface area contributed by atoms with Crippen LogP contribution in [0.2, 0.25) is 0 Å². The zero-order chi connectivity index (χ0) is 13.4. The van der Waals surface area contributed by atoms with Gasteiger partial charge in [0, 0.05) is 0 Å². The van der Waals surface area contributed by atoms with Crippen LogP contribution < -0.4 is 4.74 Å². The maximum Gasteiger partial charge on any atom is 0.310 e. The summed E-state index contributed by atoms with van der Waals surface area (Å²) in [6.07, 6.45) is 0. The molecule has 1 aliphatic heterocycles. The number of rotatable bonds is 4. The van der Waals surface area contributed by atoms with Gasteiger partial charge in [0.15, 0.2) is 0 Å². The highest BCUT2D eigenvalue weighted by atomic mass is 16.5. The van der Waals surface area contributed by atoms with E-state index in [-0.39, 0.29) is 0 Å². The third-order valence-electron chi connectivity index (χ3n) is 4.05. The minimum atomic E-state index is -0.877. The maximum absolute atomic E-state index is 11.5. The predicted octanol–water partition coefficient (Wildman–Crippen LogP) is 2.07. The molecular formula is C14H18O4. The molecule has 0 radical (unpaired) electrons. The van der Waals surface area contributed by atoms with Crippen molar-refractivity contribution in [2.45, 2.75) is 19.3 Å². The van der Waals surface area contributed by atoms with E-state index >= 15 is 0 Å². The first-order valence-electron chi connectivity index (χ1n) is 5.90. The number of hydrogen-bond acceptors (Lipinski definition) is 3. The maximum atomic E-state index is 11.5. The third-order valence-corrected chi connectivity index (χ3v) is 4.05. The number of ether oxygens (including phenoxy) is 2. The highest BCUT2D eigenvalue weighted by Crippen LogP contribution is 2.48. The van der Waals surface area contributed by atoms with Crippen LogP contribution in [-0.4, -0.2) is 31.4 Å². The number of hydrogen-bond donors (Lipinski definition) is 1. The molecule has 0 bridgehead atoms. The molecule has 98 valence electrons. The zero-order valence-corrected chi connectivity index (χ0v) is 10.9. The first-order chi connectivity index (χ1) is 8.44. The lowest BCUT2D eigenvalue weighted by atomic mass is 9.60. The topological polar surface area (TPSA) is 55.8 Å². The summed E-state index contributed by atoms with van der Waals surface area (Å²) in [5, 5.41) is 9.44. The molecule has 0 aliphatic carbocycles. The van der Waals surface area contributed by atoms with Gasteiger partial charge in [-0.05, 0) is 31.5 Å². The molecule has 1 aromatic rings. The second-order valence-electron chi connectivity index (χ2n) is 5.24. The number of benzene rings is 1. The summed E-state index contributed by atoms with van der Waals surface area (Å²) in [4.78, 5) is 11.5. The fourth-order valence-corrected chi connectivity index (χ4v) is 2.32. The monoisotopic (exact) mass is 250 g/mol. The lowest BCUT2D eigenvalue weighted by molar-refractivity contribution is -0.171. The Morgan fingerprint density at radius 2 is 2.11 bits per heavy atom. The molecule has 0 spiro atoms. The van der Waals surface area contributed by atoms with Crippen molar-refractivity contribution in [3.8, 4) is 5.75 Å². The van der Waals surface area contributed by atoms with E-state index in [0.29, 0.717) is 13.2 Å². The zero-order valence-electron chi connectivity index (χ0n) is 10.9. The normalized spacial score (nSPS) is 17.9. The van der Waals surface area contributed by atoms with Crippen LogP contribution in [0.25, 0.3) is 0 Å². The van der Waals surface area contributed by atoms with E-state index in [1.165, 1.54) is 0 Å². The number of carbonyl (C=O) groups is 1. The van der Waals surface area contributed by atoms with Crippen molar-refractivity contribution in [2.75, 3.05) is 20.3 Å². The SMILES string of the molecule is COc1cccc(C2(C(C)(C)C(=O)O)COC2)c1. The van der Waals surface area contributed by atoms with Crippen molar-refractivity contribution in [2.24, 2.45) is 5.41 Å². The van der Waals surface area contributed by atoms with Crippen molar-refractivity contribution in [1.29, 1.82) is 0 Å². The fraction of sp³-hybridized carbons (Fsp3) is 0.500. The van der Waals surface area contributed by atoms with E-state index in [1.54, 1.807) is 21.0 Å². The van der Waals surface area contributed by atoms with Crippen LogP contribution in [0.1, 0.15) is 19.4 Å². The van der Waals surface area contributed by atoms with E-state index in [4.69, 9.17) is 9.47 Å². The lowest BCUT2D eigenvalue weighted by Crippen LogP contribution is -2.59. The minimum Gasteiger partial charge on any atom is -0.497 e. The molecule has 1 heterocycles. The summed E-state index contributed by atoms with van der Waals surface area (Å²) in [5.41, 5.74) is -0.397. The fourth-order valence-electron chi connectivity index (χ4n) is 2.32. The highest BCUT2D eigenvalue weighted by Gasteiger charge is 2.56. The van der Waals surface area contributed by atoms with Gasteiger partial charge in [-0.25, -0.2) is 0 Å². The molecule has 1 fully saturated rings. The number of methoxy groups -OCH3 is 1. The van der Waals surface area contributed by atoms with Gasteiger partial charge in [-0.3, -0.25) is 4.79 Å². The average Bonchev–Trinajstić information content (AvgIpc) is 2.27. The number of carboxylic acid groups (broad SMARTS) is 1. The highest BCUT2D eigenvalue weighted by molar-refractivity contribution is 5.77. The van der Waals surface area contributed by atoms with Crippen molar-refractivity contribution in [3.05, 3.63) is 29.8 Å². The van der Waals surface area contributed by atoms with Crippen molar-refractivity contribution in [1.82, 2.24) is 0 Å². The van der Waals surface area contributed by atoms with E-state index in [2.05, 4.69) is 0 Å². The van der Waals surface area contributed by atoms with Crippen molar-refractivity contribution < 1.29 is 19.4 Å². The third kappa shape index (κ3) is 1.68.